The molecule has 1 heterocycles. The molecule has 0 saturated carbocycles. The maximum atomic E-state index is 12.4. The number of rotatable bonds is 6. The molecule has 7 nitrogen and oxygen atoms in total. The van der Waals surface area contributed by atoms with Gasteiger partial charge in [0, 0.05) is 18.8 Å². The molecule has 8 heteroatoms. The van der Waals surface area contributed by atoms with Gasteiger partial charge in [0.15, 0.2) is 0 Å². The van der Waals surface area contributed by atoms with Crippen LogP contribution in [0.3, 0.4) is 0 Å². The van der Waals surface area contributed by atoms with Crippen molar-refractivity contribution in [3.63, 3.8) is 0 Å². The van der Waals surface area contributed by atoms with E-state index in [-0.39, 0.29) is 22.5 Å². The average molecular weight is 354 g/mol. The van der Waals surface area contributed by atoms with Gasteiger partial charge >= 0.3 is 12.0 Å². The van der Waals surface area contributed by atoms with Crippen LogP contribution in [0, 0.1) is 5.92 Å². The molecule has 1 saturated heterocycles. The number of carboxylic acids is 1. The fourth-order valence-electron chi connectivity index (χ4n) is 2.50. The van der Waals surface area contributed by atoms with Gasteiger partial charge in [0.2, 0.25) is 0 Å². The number of carbonyl (C=O) groups is 3. The molecular formula is C16H20ClN3O4. The molecule has 1 aromatic carbocycles. The molecule has 24 heavy (non-hydrogen) atoms. The van der Waals surface area contributed by atoms with E-state index in [2.05, 4.69) is 10.6 Å². The molecule has 0 aliphatic carbocycles. The summed E-state index contributed by atoms with van der Waals surface area (Å²) in [5.74, 6) is -1.56. The van der Waals surface area contributed by atoms with Gasteiger partial charge in [-0.25, -0.2) is 9.59 Å². The normalized spacial score (nSPS) is 15.3. The second kappa shape index (κ2) is 7.53. The Kier molecular flexibility index (Phi) is 5.66. The summed E-state index contributed by atoms with van der Waals surface area (Å²) in [7, 11) is 0. The minimum atomic E-state index is -1.09. The highest BCUT2D eigenvalue weighted by molar-refractivity contribution is 6.34. The summed E-state index contributed by atoms with van der Waals surface area (Å²) < 4.78 is 0. The Morgan fingerprint density at radius 3 is 2.67 bits per heavy atom. The lowest BCUT2D eigenvalue weighted by Gasteiger charge is -2.19. The average Bonchev–Trinajstić information content (AvgIpc) is 2.92. The number of aliphatic carboxylic acids is 1. The van der Waals surface area contributed by atoms with Crippen molar-refractivity contribution in [2.24, 2.45) is 5.92 Å². The number of carboxylic acid groups (broad SMARTS) is 1. The maximum absolute atomic E-state index is 12.4. The summed E-state index contributed by atoms with van der Waals surface area (Å²) in [5.41, 5.74) is 0.680. The molecule has 0 aromatic heterocycles. The first-order chi connectivity index (χ1) is 11.3. The minimum Gasteiger partial charge on any atom is -0.480 e. The Balaban J connectivity index is 2.21. The van der Waals surface area contributed by atoms with Crippen LogP contribution in [0.25, 0.3) is 0 Å². The smallest absolute Gasteiger partial charge is 0.326 e. The number of anilines is 1. The number of carbonyl (C=O) groups excluding carboxylic acids is 2. The first-order valence-corrected chi connectivity index (χ1v) is 8.06. The van der Waals surface area contributed by atoms with Crippen LogP contribution in [0.15, 0.2) is 18.2 Å². The summed E-state index contributed by atoms with van der Waals surface area (Å²) in [6.45, 7) is 4.77. The first-order valence-electron chi connectivity index (χ1n) is 7.68. The molecule has 2 rings (SSSR count). The van der Waals surface area contributed by atoms with E-state index in [1.807, 2.05) is 13.8 Å². The lowest BCUT2D eigenvalue weighted by molar-refractivity contribution is -0.139. The Hall–Kier alpha value is -2.28. The minimum absolute atomic E-state index is 0.113. The quantitative estimate of drug-likeness (QED) is 0.729. The zero-order valence-corrected chi connectivity index (χ0v) is 14.3. The van der Waals surface area contributed by atoms with Gasteiger partial charge in [0.05, 0.1) is 10.6 Å². The van der Waals surface area contributed by atoms with Crippen LogP contribution < -0.4 is 15.5 Å². The Labute approximate surface area is 145 Å². The number of hydrogen-bond acceptors (Lipinski definition) is 3. The van der Waals surface area contributed by atoms with E-state index in [4.69, 9.17) is 11.6 Å². The highest BCUT2D eigenvalue weighted by Gasteiger charge is 2.25. The van der Waals surface area contributed by atoms with Crippen molar-refractivity contribution in [2.75, 3.05) is 18.0 Å². The molecular weight excluding hydrogens is 334 g/mol. The third-order valence-electron chi connectivity index (χ3n) is 3.67. The second-order valence-corrected chi connectivity index (χ2v) is 6.45. The van der Waals surface area contributed by atoms with Gasteiger partial charge in [-0.05, 0) is 30.5 Å². The summed E-state index contributed by atoms with van der Waals surface area (Å²) in [6, 6.07) is 3.43. The van der Waals surface area contributed by atoms with Gasteiger partial charge in [-0.3, -0.25) is 9.69 Å². The molecule has 130 valence electrons. The van der Waals surface area contributed by atoms with E-state index in [9.17, 15) is 19.5 Å². The lowest BCUT2D eigenvalue weighted by Crippen LogP contribution is -2.41. The molecule has 1 unspecified atom stereocenters. The molecule has 3 N–H and O–H groups in total. The molecule has 0 spiro atoms. The maximum Gasteiger partial charge on any atom is 0.326 e. The molecule has 1 aromatic rings. The molecule has 0 bridgehead atoms. The van der Waals surface area contributed by atoms with E-state index in [0.717, 1.165) is 0 Å². The van der Waals surface area contributed by atoms with Gasteiger partial charge in [-0.1, -0.05) is 25.4 Å². The van der Waals surface area contributed by atoms with Crippen LogP contribution in [-0.4, -0.2) is 42.1 Å². The Morgan fingerprint density at radius 1 is 1.42 bits per heavy atom. The largest absolute Gasteiger partial charge is 0.480 e. The van der Waals surface area contributed by atoms with Gasteiger partial charge in [0.25, 0.3) is 5.91 Å². The van der Waals surface area contributed by atoms with E-state index in [0.29, 0.717) is 25.2 Å². The molecule has 1 aliphatic rings. The summed E-state index contributed by atoms with van der Waals surface area (Å²) in [4.78, 5) is 37.0. The molecule has 0 radical (unpaired) electrons. The zero-order chi connectivity index (χ0) is 17.9. The number of hydrogen-bond donors (Lipinski definition) is 3. The van der Waals surface area contributed by atoms with Gasteiger partial charge in [0.1, 0.15) is 6.04 Å². The predicted octanol–water partition coefficient (Wildman–Crippen LogP) is 2.10. The third kappa shape index (κ3) is 4.17. The number of nitrogens with one attached hydrogen (secondary N) is 2. The van der Waals surface area contributed by atoms with Crippen molar-refractivity contribution < 1.29 is 19.5 Å². The number of nitrogens with zero attached hydrogens (tertiary/aromatic N) is 1. The van der Waals surface area contributed by atoms with Gasteiger partial charge in [-0.2, -0.15) is 0 Å². The second-order valence-electron chi connectivity index (χ2n) is 6.04. The molecule has 3 amide bonds. The topological polar surface area (TPSA) is 98.7 Å². The van der Waals surface area contributed by atoms with E-state index >= 15 is 0 Å². The number of halogens is 1. The molecule has 1 atom stereocenters. The van der Waals surface area contributed by atoms with E-state index in [1.54, 1.807) is 6.07 Å². The van der Waals surface area contributed by atoms with Crippen molar-refractivity contribution in [1.82, 2.24) is 10.6 Å². The van der Waals surface area contributed by atoms with Crippen LogP contribution in [0.2, 0.25) is 5.02 Å². The van der Waals surface area contributed by atoms with Crippen LogP contribution >= 0.6 is 11.6 Å². The highest BCUT2D eigenvalue weighted by atomic mass is 35.5. The number of amides is 3. The zero-order valence-electron chi connectivity index (χ0n) is 13.5. The highest BCUT2D eigenvalue weighted by Crippen LogP contribution is 2.24. The monoisotopic (exact) mass is 353 g/mol. The Bertz CT molecular complexity index is 663. The van der Waals surface area contributed by atoms with E-state index in [1.165, 1.54) is 17.0 Å². The van der Waals surface area contributed by atoms with Crippen LogP contribution in [-0.2, 0) is 4.79 Å². The standard InChI is InChI=1S/C16H20ClN3O4/c1-9(2)7-13(15(22)23)19-14(21)11-8-10(3-4-12(11)17)20-6-5-18-16(20)24/h3-4,8-9,13H,5-7H2,1-2H3,(H,18,24)(H,19,21)(H,22,23). The third-order valence-corrected chi connectivity index (χ3v) is 4.00. The predicted molar refractivity (Wildman–Crippen MR) is 90.5 cm³/mol. The molecule has 1 fully saturated rings. The van der Waals surface area contributed by atoms with Crippen molar-refractivity contribution in [2.45, 2.75) is 26.3 Å². The fraction of sp³-hybridized carbons (Fsp3) is 0.438. The summed E-state index contributed by atoms with van der Waals surface area (Å²) in [6.07, 6.45) is 0.312. The SMILES string of the molecule is CC(C)CC(NC(=O)c1cc(N2CCNC2=O)ccc1Cl)C(=O)O. The number of benzene rings is 1. The van der Waals surface area contributed by atoms with Gasteiger partial charge in [-0.15, -0.1) is 0 Å². The van der Waals surface area contributed by atoms with Gasteiger partial charge < -0.3 is 15.7 Å². The molecule has 1 aliphatic heterocycles. The van der Waals surface area contributed by atoms with Crippen LogP contribution in [0.5, 0.6) is 0 Å². The van der Waals surface area contributed by atoms with E-state index < -0.39 is 17.9 Å². The van der Waals surface area contributed by atoms with Crippen molar-refractivity contribution >= 4 is 35.2 Å². The van der Waals surface area contributed by atoms with Crippen molar-refractivity contribution in [3.8, 4) is 0 Å². The Morgan fingerprint density at radius 2 is 2.12 bits per heavy atom. The van der Waals surface area contributed by atoms with Crippen molar-refractivity contribution in [3.05, 3.63) is 28.8 Å². The summed E-state index contributed by atoms with van der Waals surface area (Å²) >= 11 is 6.08. The number of urea groups is 1. The fourth-order valence-corrected chi connectivity index (χ4v) is 2.71. The van der Waals surface area contributed by atoms with Crippen LogP contribution in [0.1, 0.15) is 30.6 Å². The summed E-state index contributed by atoms with van der Waals surface area (Å²) in [5, 5.41) is 14.6. The first kappa shape index (κ1) is 18.1. The van der Waals surface area contributed by atoms with Crippen molar-refractivity contribution in [1.29, 1.82) is 0 Å². The lowest BCUT2D eigenvalue weighted by atomic mass is 10.0. The van der Waals surface area contributed by atoms with Crippen LogP contribution in [0.4, 0.5) is 10.5 Å².